The van der Waals surface area contributed by atoms with Crippen molar-refractivity contribution >= 4 is 11.7 Å². The number of ether oxygens (including phenoxy) is 1. The van der Waals surface area contributed by atoms with Gasteiger partial charge in [0.1, 0.15) is 6.04 Å². The van der Waals surface area contributed by atoms with Gasteiger partial charge in [-0.2, -0.15) is 0 Å². The number of aryl methyl sites for hydroxylation is 2. The summed E-state index contributed by atoms with van der Waals surface area (Å²) in [7, 11) is 1.48. The first-order chi connectivity index (χ1) is 10.2. The van der Waals surface area contributed by atoms with Crippen molar-refractivity contribution in [3.63, 3.8) is 0 Å². The van der Waals surface area contributed by atoms with Gasteiger partial charge in [-0.05, 0) is 69.2 Å². The van der Waals surface area contributed by atoms with E-state index in [0.717, 1.165) is 12.8 Å². The summed E-state index contributed by atoms with van der Waals surface area (Å²) in [6.45, 7) is 13.1. The third-order valence-electron chi connectivity index (χ3n) is 5.06. The first-order valence-corrected chi connectivity index (χ1v) is 8.21. The number of nitrogens with zero attached hydrogens (tertiary/aromatic N) is 1. The van der Waals surface area contributed by atoms with Crippen LogP contribution in [0.2, 0.25) is 0 Å². The molecule has 0 aliphatic carbocycles. The third kappa shape index (κ3) is 2.73. The molecule has 1 aromatic rings. The van der Waals surface area contributed by atoms with E-state index in [1.807, 2.05) is 0 Å². The molecule has 2 atom stereocenters. The number of rotatable bonds is 3. The molecule has 0 amide bonds. The molecule has 1 aliphatic rings. The second-order valence-electron chi connectivity index (χ2n) is 7.23. The zero-order valence-electron chi connectivity index (χ0n) is 15.0. The molecule has 3 heteroatoms. The Labute approximate surface area is 134 Å². The molecule has 3 nitrogen and oxygen atoms in total. The number of benzene rings is 1. The number of anilines is 1. The molecule has 22 heavy (non-hydrogen) atoms. The highest BCUT2D eigenvalue weighted by molar-refractivity contribution is 5.82. The van der Waals surface area contributed by atoms with Crippen molar-refractivity contribution in [3.05, 3.63) is 28.8 Å². The van der Waals surface area contributed by atoms with E-state index in [0.29, 0.717) is 5.92 Å². The van der Waals surface area contributed by atoms with E-state index in [1.165, 1.54) is 29.5 Å². The number of carbonyl (C=O) groups excluding carboxylic acids is 1. The Balaban J connectivity index is 2.63. The number of esters is 1. The zero-order chi connectivity index (χ0) is 16.7. The second-order valence-corrected chi connectivity index (χ2v) is 7.23. The van der Waals surface area contributed by atoms with Crippen LogP contribution >= 0.6 is 0 Å². The SMILES string of the molecule is CC[C@@H](C(=O)OC)N1c2cc(C)c(C)cc2[C@H](C)CC1(C)C. The smallest absolute Gasteiger partial charge is 0.328 e. The van der Waals surface area contributed by atoms with E-state index in [-0.39, 0.29) is 17.6 Å². The summed E-state index contributed by atoms with van der Waals surface area (Å²) >= 11 is 0. The molecular formula is C19H29NO2. The molecule has 0 N–H and O–H groups in total. The van der Waals surface area contributed by atoms with Gasteiger partial charge in [0.05, 0.1) is 7.11 Å². The van der Waals surface area contributed by atoms with E-state index in [4.69, 9.17) is 4.74 Å². The van der Waals surface area contributed by atoms with Crippen LogP contribution in [0.3, 0.4) is 0 Å². The minimum atomic E-state index is -0.228. The Morgan fingerprint density at radius 3 is 2.50 bits per heavy atom. The van der Waals surface area contributed by atoms with E-state index in [9.17, 15) is 4.79 Å². The molecule has 0 aromatic heterocycles. The normalized spacial score (nSPS) is 21.2. The van der Waals surface area contributed by atoms with E-state index in [2.05, 4.69) is 58.6 Å². The summed E-state index contributed by atoms with van der Waals surface area (Å²) in [5.41, 5.74) is 5.07. The lowest BCUT2D eigenvalue weighted by molar-refractivity contribution is -0.142. The summed E-state index contributed by atoms with van der Waals surface area (Å²) in [5.74, 6) is 0.352. The highest BCUT2D eigenvalue weighted by Gasteiger charge is 2.42. The fraction of sp³-hybridized carbons (Fsp3) is 0.632. The number of fused-ring (bicyclic) bond motifs is 1. The molecule has 0 spiro atoms. The van der Waals surface area contributed by atoms with Crippen LogP contribution in [0, 0.1) is 13.8 Å². The van der Waals surface area contributed by atoms with Gasteiger partial charge in [0.25, 0.3) is 0 Å². The lowest BCUT2D eigenvalue weighted by Crippen LogP contribution is -2.56. The van der Waals surface area contributed by atoms with Crippen molar-refractivity contribution < 1.29 is 9.53 Å². The fourth-order valence-corrected chi connectivity index (χ4v) is 3.89. The third-order valence-corrected chi connectivity index (χ3v) is 5.06. The van der Waals surface area contributed by atoms with Crippen LogP contribution in [-0.4, -0.2) is 24.7 Å². The molecule has 0 unspecified atom stereocenters. The highest BCUT2D eigenvalue weighted by Crippen LogP contribution is 2.45. The number of hydrogen-bond donors (Lipinski definition) is 0. The molecule has 1 aliphatic heterocycles. The molecule has 0 bridgehead atoms. The summed E-state index contributed by atoms with van der Waals surface area (Å²) in [5, 5.41) is 0. The molecule has 0 fully saturated rings. The predicted molar refractivity (Wildman–Crippen MR) is 91.6 cm³/mol. The van der Waals surface area contributed by atoms with Crippen molar-refractivity contribution in [1.82, 2.24) is 0 Å². The summed E-state index contributed by atoms with van der Waals surface area (Å²) in [4.78, 5) is 14.6. The predicted octanol–water partition coefficient (Wildman–Crippen LogP) is 4.35. The van der Waals surface area contributed by atoms with Gasteiger partial charge in [0.15, 0.2) is 0 Å². The van der Waals surface area contributed by atoms with Crippen LogP contribution in [0.25, 0.3) is 0 Å². The lowest BCUT2D eigenvalue weighted by Gasteiger charge is -2.50. The molecule has 2 rings (SSSR count). The van der Waals surface area contributed by atoms with Crippen molar-refractivity contribution in [2.24, 2.45) is 0 Å². The Morgan fingerprint density at radius 1 is 1.36 bits per heavy atom. The first kappa shape index (κ1) is 16.9. The molecular weight excluding hydrogens is 274 g/mol. The van der Waals surface area contributed by atoms with Crippen molar-refractivity contribution in [2.45, 2.75) is 71.9 Å². The standard InChI is InChI=1S/C19H29NO2/c1-8-16(18(21)22-7)20-17-10-13(3)12(2)9-15(17)14(4)11-19(20,5)6/h9-10,14,16H,8,11H2,1-7H3/t14-,16+/m1/s1. The van der Waals surface area contributed by atoms with Gasteiger partial charge in [0.2, 0.25) is 0 Å². The fourth-order valence-electron chi connectivity index (χ4n) is 3.89. The number of hydrogen-bond acceptors (Lipinski definition) is 3. The van der Waals surface area contributed by atoms with Gasteiger partial charge in [-0.15, -0.1) is 0 Å². The van der Waals surface area contributed by atoms with E-state index in [1.54, 1.807) is 0 Å². The quantitative estimate of drug-likeness (QED) is 0.778. The maximum absolute atomic E-state index is 12.3. The molecule has 1 heterocycles. The van der Waals surface area contributed by atoms with Gasteiger partial charge in [-0.3, -0.25) is 0 Å². The maximum Gasteiger partial charge on any atom is 0.328 e. The lowest BCUT2D eigenvalue weighted by atomic mass is 9.78. The van der Waals surface area contributed by atoms with Crippen molar-refractivity contribution in [3.8, 4) is 0 Å². The van der Waals surface area contributed by atoms with Gasteiger partial charge in [0, 0.05) is 11.2 Å². The van der Waals surface area contributed by atoms with Crippen LogP contribution in [0.4, 0.5) is 5.69 Å². The van der Waals surface area contributed by atoms with Crippen LogP contribution in [0.5, 0.6) is 0 Å². The molecule has 122 valence electrons. The van der Waals surface area contributed by atoms with Crippen LogP contribution < -0.4 is 4.90 Å². The zero-order valence-corrected chi connectivity index (χ0v) is 15.0. The summed E-state index contributed by atoms with van der Waals surface area (Å²) < 4.78 is 5.07. The Kier molecular flexibility index (Phi) is 4.55. The van der Waals surface area contributed by atoms with Crippen LogP contribution in [-0.2, 0) is 9.53 Å². The number of methoxy groups -OCH3 is 1. The van der Waals surface area contributed by atoms with Gasteiger partial charge in [-0.1, -0.05) is 19.9 Å². The Bertz CT molecular complexity index is 577. The van der Waals surface area contributed by atoms with E-state index >= 15 is 0 Å². The average Bonchev–Trinajstić information content (AvgIpc) is 2.44. The highest BCUT2D eigenvalue weighted by atomic mass is 16.5. The minimum absolute atomic E-state index is 0.0665. The van der Waals surface area contributed by atoms with Gasteiger partial charge >= 0.3 is 5.97 Å². The van der Waals surface area contributed by atoms with Gasteiger partial charge in [-0.25, -0.2) is 4.79 Å². The second kappa shape index (κ2) is 5.94. The first-order valence-electron chi connectivity index (χ1n) is 8.21. The molecule has 0 radical (unpaired) electrons. The minimum Gasteiger partial charge on any atom is -0.467 e. The summed E-state index contributed by atoms with van der Waals surface area (Å²) in [6.07, 6.45) is 1.78. The number of carbonyl (C=O) groups is 1. The largest absolute Gasteiger partial charge is 0.467 e. The van der Waals surface area contributed by atoms with Crippen LogP contribution in [0.1, 0.15) is 63.1 Å². The van der Waals surface area contributed by atoms with E-state index < -0.39 is 0 Å². The van der Waals surface area contributed by atoms with Crippen molar-refractivity contribution in [1.29, 1.82) is 0 Å². The molecule has 1 aromatic carbocycles. The summed E-state index contributed by atoms with van der Waals surface area (Å²) in [6, 6.07) is 4.31. The topological polar surface area (TPSA) is 29.5 Å². The Morgan fingerprint density at radius 2 is 1.95 bits per heavy atom. The Hall–Kier alpha value is -1.51. The molecule has 0 saturated carbocycles. The average molecular weight is 303 g/mol. The maximum atomic E-state index is 12.3. The van der Waals surface area contributed by atoms with Crippen molar-refractivity contribution in [2.75, 3.05) is 12.0 Å². The van der Waals surface area contributed by atoms with Gasteiger partial charge < -0.3 is 9.64 Å². The van der Waals surface area contributed by atoms with Crippen LogP contribution in [0.15, 0.2) is 12.1 Å². The monoisotopic (exact) mass is 303 g/mol. The molecule has 0 saturated heterocycles.